The lowest BCUT2D eigenvalue weighted by atomic mass is 9.98. The second kappa shape index (κ2) is 5.02. The fourth-order valence-electron chi connectivity index (χ4n) is 4.20. The Labute approximate surface area is 143 Å². The molecular weight excluding hydrogens is 318 g/mol. The van der Waals surface area contributed by atoms with Crippen LogP contribution in [0.1, 0.15) is 46.2 Å². The largest absolute Gasteiger partial charge is 0.506 e. The molecule has 2 aliphatic rings. The van der Waals surface area contributed by atoms with E-state index >= 15 is 0 Å². The lowest BCUT2D eigenvalue weighted by Crippen LogP contribution is -2.42. The van der Waals surface area contributed by atoms with Crippen LogP contribution in [0.4, 0.5) is 0 Å². The van der Waals surface area contributed by atoms with E-state index in [9.17, 15) is 9.90 Å². The molecule has 0 unspecified atom stereocenters. The fourth-order valence-corrected chi connectivity index (χ4v) is 4.20. The molecule has 1 saturated heterocycles. The van der Waals surface area contributed by atoms with E-state index in [4.69, 9.17) is 0 Å². The number of aromatic hydroxyl groups is 1. The van der Waals surface area contributed by atoms with Crippen molar-refractivity contribution in [1.82, 2.24) is 24.5 Å². The van der Waals surface area contributed by atoms with Gasteiger partial charge in [-0.1, -0.05) is 0 Å². The highest BCUT2D eigenvalue weighted by molar-refractivity contribution is 5.95. The van der Waals surface area contributed by atoms with Crippen molar-refractivity contribution in [2.24, 2.45) is 0 Å². The second-order valence-corrected chi connectivity index (χ2v) is 6.81. The average molecular weight is 335 g/mol. The number of amides is 1. The summed E-state index contributed by atoms with van der Waals surface area (Å²) in [5, 5.41) is 14.2. The molecule has 0 aromatic carbocycles. The van der Waals surface area contributed by atoms with Gasteiger partial charge in [-0.15, -0.1) is 0 Å². The molecule has 7 heteroatoms. The molecule has 5 heterocycles. The molecule has 7 nitrogen and oxygen atoms in total. The van der Waals surface area contributed by atoms with Crippen molar-refractivity contribution < 1.29 is 9.90 Å². The van der Waals surface area contributed by atoms with Gasteiger partial charge < -0.3 is 10.0 Å². The third kappa shape index (κ3) is 2.05. The van der Waals surface area contributed by atoms with Crippen LogP contribution in [0.25, 0.3) is 5.65 Å². The first-order valence-corrected chi connectivity index (χ1v) is 8.42. The van der Waals surface area contributed by atoms with Gasteiger partial charge >= 0.3 is 0 Å². The van der Waals surface area contributed by atoms with E-state index in [0.29, 0.717) is 5.56 Å². The second-order valence-electron chi connectivity index (χ2n) is 6.81. The topological polar surface area (TPSA) is 83.6 Å². The van der Waals surface area contributed by atoms with Gasteiger partial charge in [-0.3, -0.25) is 9.78 Å². The molecule has 2 atom stereocenters. The number of hydrogen-bond acceptors (Lipinski definition) is 5. The molecule has 5 rings (SSSR count). The predicted octanol–water partition coefficient (Wildman–Crippen LogP) is 2.04. The van der Waals surface area contributed by atoms with Gasteiger partial charge in [0.05, 0.1) is 29.2 Å². The third-order valence-corrected chi connectivity index (χ3v) is 5.23. The molecule has 0 aliphatic carbocycles. The van der Waals surface area contributed by atoms with Crippen LogP contribution in [0.3, 0.4) is 0 Å². The maximum absolute atomic E-state index is 13.0. The van der Waals surface area contributed by atoms with Crippen molar-refractivity contribution in [3.63, 3.8) is 0 Å². The van der Waals surface area contributed by atoms with E-state index < -0.39 is 0 Å². The number of aryl methyl sites for hydroxylation is 1. The van der Waals surface area contributed by atoms with Crippen molar-refractivity contribution in [3.05, 3.63) is 53.2 Å². The first-order valence-electron chi connectivity index (χ1n) is 8.42. The van der Waals surface area contributed by atoms with Crippen LogP contribution in [-0.2, 0) is 6.42 Å². The Morgan fingerprint density at radius 2 is 2.12 bits per heavy atom. The summed E-state index contributed by atoms with van der Waals surface area (Å²) >= 11 is 0. The standard InChI is InChI=1S/C18H17N5O2/c1-10-4-17-20-9-14-15-3-2-12(6-16(14)23(17)21-10)22(15)18(25)11-5-13(24)8-19-7-11/h4-5,7-9,12,15,24H,2-3,6H2,1H3/t12-,15+/m1/s1. The summed E-state index contributed by atoms with van der Waals surface area (Å²) in [4.78, 5) is 23.4. The van der Waals surface area contributed by atoms with Crippen LogP contribution in [0, 0.1) is 6.92 Å². The zero-order chi connectivity index (χ0) is 17.1. The Kier molecular flexibility index (Phi) is 2.89. The lowest BCUT2D eigenvalue weighted by Gasteiger charge is -2.36. The molecule has 1 amide bonds. The van der Waals surface area contributed by atoms with Crippen LogP contribution in [0.2, 0.25) is 0 Å². The number of aromatic nitrogens is 4. The zero-order valence-electron chi connectivity index (χ0n) is 13.8. The number of fused-ring (bicyclic) bond motifs is 6. The molecule has 1 N–H and O–H groups in total. The van der Waals surface area contributed by atoms with Crippen molar-refractivity contribution in [2.45, 2.75) is 38.3 Å². The summed E-state index contributed by atoms with van der Waals surface area (Å²) in [5.74, 6) is -0.0794. The molecule has 0 radical (unpaired) electrons. The SMILES string of the molecule is Cc1cc2ncc3c(n2n1)C[C@H]1CC[C@@H]3N1C(=O)c1cncc(O)c1. The summed E-state index contributed by atoms with van der Waals surface area (Å²) in [6.45, 7) is 1.96. The molecule has 2 aliphatic heterocycles. The van der Waals surface area contributed by atoms with Crippen molar-refractivity contribution in [2.75, 3.05) is 0 Å². The van der Waals surface area contributed by atoms with Crippen molar-refractivity contribution >= 4 is 11.6 Å². The van der Waals surface area contributed by atoms with E-state index in [1.807, 2.05) is 28.6 Å². The van der Waals surface area contributed by atoms with Gasteiger partial charge in [0.15, 0.2) is 5.65 Å². The van der Waals surface area contributed by atoms with Gasteiger partial charge in [0.2, 0.25) is 0 Å². The lowest BCUT2D eigenvalue weighted by molar-refractivity contribution is 0.0641. The van der Waals surface area contributed by atoms with Crippen LogP contribution >= 0.6 is 0 Å². The maximum atomic E-state index is 13.0. The highest BCUT2D eigenvalue weighted by Gasteiger charge is 2.44. The fraction of sp³-hybridized carbons (Fsp3) is 0.333. The molecule has 3 aromatic rings. The summed E-state index contributed by atoms with van der Waals surface area (Å²) in [6.07, 6.45) is 7.37. The van der Waals surface area contributed by atoms with Crippen molar-refractivity contribution in [1.29, 1.82) is 0 Å². The molecular formula is C18H17N5O2. The molecule has 126 valence electrons. The van der Waals surface area contributed by atoms with E-state index in [0.717, 1.165) is 41.9 Å². The average Bonchev–Trinajstić information content (AvgIpc) is 3.13. The molecule has 1 fully saturated rings. The summed E-state index contributed by atoms with van der Waals surface area (Å²) in [5.41, 5.74) is 4.45. The van der Waals surface area contributed by atoms with Crippen LogP contribution in [0.5, 0.6) is 5.75 Å². The van der Waals surface area contributed by atoms with Gasteiger partial charge in [0.25, 0.3) is 5.91 Å². The monoisotopic (exact) mass is 335 g/mol. The normalized spacial score (nSPS) is 21.6. The molecule has 2 bridgehead atoms. The maximum Gasteiger partial charge on any atom is 0.256 e. The minimum Gasteiger partial charge on any atom is -0.506 e. The van der Waals surface area contributed by atoms with E-state index in [-0.39, 0.29) is 23.7 Å². The van der Waals surface area contributed by atoms with Gasteiger partial charge in [0, 0.05) is 36.5 Å². The third-order valence-electron chi connectivity index (χ3n) is 5.23. The van der Waals surface area contributed by atoms with Gasteiger partial charge in [-0.05, 0) is 25.8 Å². The summed E-state index contributed by atoms with van der Waals surface area (Å²) in [6, 6.07) is 3.59. The minimum atomic E-state index is -0.0849. The van der Waals surface area contributed by atoms with E-state index in [1.54, 1.807) is 0 Å². The van der Waals surface area contributed by atoms with Crippen LogP contribution < -0.4 is 0 Å². The molecule has 0 saturated carbocycles. The smallest absolute Gasteiger partial charge is 0.256 e. The van der Waals surface area contributed by atoms with Gasteiger partial charge in [0.1, 0.15) is 5.75 Å². The minimum absolute atomic E-state index is 0.00463. The molecule has 0 spiro atoms. The quantitative estimate of drug-likeness (QED) is 0.736. The zero-order valence-corrected chi connectivity index (χ0v) is 13.8. The Balaban J connectivity index is 1.59. The Morgan fingerprint density at radius 3 is 2.96 bits per heavy atom. The van der Waals surface area contributed by atoms with Gasteiger partial charge in [-0.25, -0.2) is 9.50 Å². The molecule has 3 aromatic heterocycles. The predicted molar refractivity (Wildman–Crippen MR) is 89.3 cm³/mol. The number of rotatable bonds is 1. The van der Waals surface area contributed by atoms with Crippen LogP contribution in [0.15, 0.2) is 30.7 Å². The van der Waals surface area contributed by atoms with Crippen LogP contribution in [-0.4, -0.2) is 41.5 Å². The Bertz CT molecular complexity index is 1010. The first kappa shape index (κ1) is 14.4. The number of hydrogen-bond donors (Lipinski definition) is 1. The highest BCUT2D eigenvalue weighted by atomic mass is 16.3. The molecule has 25 heavy (non-hydrogen) atoms. The van der Waals surface area contributed by atoms with E-state index in [1.165, 1.54) is 18.5 Å². The highest BCUT2D eigenvalue weighted by Crippen LogP contribution is 2.44. The van der Waals surface area contributed by atoms with Crippen molar-refractivity contribution in [3.8, 4) is 5.75 Å². The first-order chi connectivity index (χ1) is 12.1. The number of carbonyl (C=O) groups excluding carboxylic acids is 1. The Hall–Kier alpha value is -2.96. The number of nitrogens with zero attached hydrogens (tertiary/aromatic N) is 5. The van der Waals surface area contributed by atoms with Gasteiger partial charge in [-0.2, -0.15) is 5.10 Å². The summed E-state index contributed by atoms with van der Waals surface area (Å²) in [7, 11) is 0. The van der Waals surface area contributed by atoms with E-state index in [2.05, 4.69) is 15.1 Å². The Morgan fingerprint density at radius 1 is 1.24 bits per heavy atom. The number of pyridine rings is 1. The number of carbonyl (C=O) groups is 1. The summed E-state index contributed by atoms with van der Waals surface area (Å²) < 4.78 is 1.92.